The van der Waals surface area contributed by atoms with Crippen LogP contribution < -0.4 is 0 Å². The molecule has 128 valence electrons. The van der Waals surface area contributed by atoms with E-state index in [2.05, 4.69) is 13.5 Å². The first-order chi connectivity index (χ1) is 10.6. The minimum Gasteiger partial charge on any atom is -0.481 e. The van der Waals surface area contributed by atoms with Crippen molar-refractivity contribution in [2.24, 2.45) is 22.7 Å². The maximum atomic E-state index is 11.9. The fourth-order valence-corrected chi connectivity index (χ4v) is 5.02. The van der Waals surface area contributed by atoms with Crippen molar-refractivity contribution in [2.45, 2.75) is 59.3 Å². The van der Waals surface area contributed by atoms with E-state index in [1.807, 2.05) is 6.92 Å². The minimum absolute atomic E-state index is 0.115. The Hall–Kier alpha value is -1.58. The fraction of sp³-hybridized carbons (Fsp3) is 0.684. The highest BCUT2D eigenvalue weighted by molar-refractivity contribution is 5.85. The molecule has 0 aromatic heterocycles. The molecule has 0 amide bonds. The molecule has 0 aliphatic heterocycles. The van der Waals surface area contributed by atoms with Crippen LogP contribution in [0.25, 0.3) is 0 Å². The largest absolute Gasteiger partial charge is 0.481 e. The molecular weight excluding hydrogens is 292 g/mol. The summed E-state index contributed by atoms with van der Waals surface area (Å²) in [4.78, 5) is 22.9. The van der Waals surface area contributed by atoms with Crippen LogP contribution >= 0.6 is 0 Å². The summed E-state index contributed by atoms with van der Waals surface area (Å²) in [5, 5.41) is 18.8. The van der Waals surface area contributed by atoms with Crippen molar-refractivity contribution in [3.8, 4) is 0 Å². The quantitative estimate of drug-likeness (QED) is 0.599. The molecule has 23 heavy (non-hydrogen) atoms. The van der Waals surface area contributed by atoms with Gasteiger partial charge in [0.2, 0.25) is 0 Å². The van der Waals surface area contributed by atoms with E-state index in [-0.39, 0.29) is 17.3 Å². The average Bonchev–Trinajstić information content (AvgIpc) is 2.45. The van der Waals surface area contributed by atoms with E-state index >= 15 is 0 Å². The highest BCUT2D eigenvalue weighted by Gasteiger charge is 2.57. The van der Waals surface area contributed by atoms with E-state index in [4.69, 9.17) is 5.11 Å². The summed E-state index contributed by atoms with van der Waals surface area (Å²) in [5.74, 6) is -1.31. The zero-order valence-electron chi connectivity index (χ0n) is 14.4. The molecule has 0 radical (unpaired) electrons. The Morgan fingerprint density at radius 2 is 1.96 bits per heavy atom. The summed E-state index contributed by atoms with van der Waals surface area (Å²) in [6.07, 6.45) is 6.75. The fourth-order valence-electron chi connectivity index (χ4n) is 5.02. The van der Waals surface area contributed by atoms with Gasteiger partial charge in [0.05, 0.1) is 5.41 Å². The summed E-state index contributed by atoms with van der Waals surface area (Å²) < 4.78 is 0. The molecule has 0 aromatic carbocycles. The van der Waals surface area contributed by atoms with Crippen LogP contribution in [0.15, 0.2) is 23.8 Å². The molecule has 2 aliphatic carbocycles. The number of fused-ring (bicyclic) bond motifs is 1. The summed E-state index contributed by atoms with van der Waals surface area (Å²) in [7, 11) is 0. The highest BCUT2D eigenvalue weighted by Crippen LogP contribution is 2.61. The third-order valence-corrected chi connectivity index (χ3v) is 6.51. The Labute approximate surface area is 138 Å². The van der Waals surface area contributed by atoms with Crippen LogP contribution in [0.3, 0.4) is 0 Å². The lowest BCUT2D eigenvalue weighted by Crippen LogP contribution is -2.53. The zero-order valence-corrected chi connectivity index (χ0v) is 14.4. The van der Waals surface area contributed by atoms with Crippen molar-refractivity contribution in [2.75, 3.05) is 0 Å². The van der Waals surface area contributed by atoms with E-state index in [0.717, 1.165) is 37.7 Å². The average molecular weight is 320 g/mol. The first-order valence-electron chi connectivity index (χ1n) is 8.44. The summed E-state index contributed by atoms with van der Waals surface area (Å²) in [5.41, 5.74) is 0.696. The third-order valence-electron chi connectivity index (χ3n) is 6.51. The van der Waals surface area contributed by atoms with Gasteiger partial charge in [0, 0.05) is 5.57 Å². The van der Waals surface area contributed by atoms with Crippen LogP contribution in [0.4, 0.5) is 0 Å². The summed E-state index contributed by atoms with van der Waals surface area (Å²) in [6.45, 7) is 9.91. The molecule has 0 heterocycles. The van der Waals surface area contributed by atoms with Gasteiger partial charge in [-0.3, -0.25) is 4.79 Å². The Balaban J connectivity index is 2.35. The van der Waals surface area contributed by atoms with E-state index in [1.54, 1.807) is 13.0 Å². The molecule has 0 spiro atoms. The summed E-state index contributed by atoms with van der Waals surface area (Å²) in [6, 6.07) is 0. The van der Waals surface area contributed by atoms with Crippen LogP contribution in [-0.4, -0.2) is 22.2 Å². The van der Waals surface area contributed by atoms with E-state index in [9.17, 15) is 14.7 Å². The number of carbonyl (C=O) groups is 2. The van der Waals surface area contributed by atoms with Gasteiger partial charge in [-0.15, -0.1) is 0 Å². The Bertz CT molecular complexity index is 562. The number of hydrogen-bond donors (Lipinski definition) is 2. The molecule has 1 unspecified atom stereocenters. The van der Waals surface area contributed by atoms with Crippen molar-refractivity contribution in [3.63, 3.8) is 0 Å². The molecule has 2 rings (SSSR count). The Morgan fingerprint density at radius 3 is 2.52 bits per heavy atom. The number of aliphatic carboxylic acids is 2. The number of hydrogen-bond acceptors (Lipinski definition) is 2. The van der Waals surface area contributed by atoms with Crippen molar-refractivity contribution in [3.05, 3.63) is 23.8 Å². The van der Waals surface area contributed by atoms with Gasteiger partial charge in [-0.1, -0.05) is 31.6 Å². The van der Waals surface area contributed by atoms with E-state index in [1.165, 1.54) is 0 Å². The third kappa shape index (κ3) is 2.96. The molecule has 0 aromatic rings. The van der Waals surface area contributed by atoms with Crippen LogP contribution in [0, 0.1) is 22.7 Å². The Kier molecular flexibility index (Phi) is 4.74. The molecule has 4 heteroatoms. The second-order valence-corrected chi connectivity index (χ2v) is 7.81. The highest BCUT2D eigenvalue weighted by atomic mass is 16.4. The van der Waals surface area contributed by atoms with Crippen LogP contribution in [-0.2, 0) is 9.59 Å². The lowest BCUT2D eigenvalue weighted by molar-refractivity contribution is -0.164. The van der Waals surface area contributed by atoms with Gasteiger partial charge < -0.3 is 10.2 Å². The number of rotatable bonds is 4. The molecule has 2 N–H and O–H groups in total. The molecule has 2 fully saturated rings. The van der Waals surface area contributed by atoms with Crippen LogP contribution in [0.1, 0.15) is 59.3 Å². The molecule has 4 nitrogen and oxygen atoms in total. The monoisotopic (exact) mass is 320 g/mol. The number of carboxylic acids is 2. The lowest BCUT2D eigenvalue weighted by Gasteiger charge is -2.57. The summed E-state index contributed by atoms with van der Waals surface area (Å²) >= 11 is 0. The molecule has 0 saturated heterocycles. The van der Waals surface area contributed by atoms with Crippen molar-refractivity contribution in [1.82, 2.24) is 0 Å². The minimum atomic E-state index is -0.896. The molecule has 2 aliphatic rings. The standard InChI is InChI=1S/C19H28O4/c1-12-7-9-15-18(3,10-5-11-19(15,4)17(22)23)14(12)8-6-13(2)16(20)21/h6,14-15H,1,5,7-11H2,2-4H3,(H,20,21)(H,22,23)/b13-6+/t14-,15?,18+,19-/m0/s1. The predicted molar refractivity (Wildman–Crippen MR) is 89.1 cm³/mol. The lowest BCUT2D eigenvalue weighted by atomic mass is 9.46. The molecule has 2 saturated carbocycles. The van der Waals surface area contributed by atoms with Gasteiger partial charge in [0.25, 0.3) is 0 Å². The van der Waals surface area contributed by atoms with Crippen molar-refractivity contribution in [1.29, 1.82) is 0 Å². The van der Waals surface area contributed by atoms with Gasteiger partial charge in [0.15, 0.2) is 0 Å². The van der Waals surface area contributed by atoms with E-state index in [0.29, 0.717) is 12.0 Å². The second-order valence-electron chi connectivity index (χ2n) is 7.81. The predicted octanol–water partition coefficient (Wildman–Crippen LogP) is 4.27. The van der Waals surface area contributed by atoms with Gasteiger partial charge in [0.1, 0.15) is 0 Å². The number of carboxylic acid groups (broad SMARTS) is 2. The van der Waals surface area contributed by atoms with Crippen LogP contribution in [0.2, 0.25) is 0 Å². The molecular formula is C19H28O4. The molecule has 0 bridgehead atoms. The van der Waals surface area contributed by atoms with E-state index < -0.39 is 17.4 Å². The normalized spacial score (nSPS) is 38.0. The van der Waals surface area contributed by atoms with Gasteiger partial charge in [-0.05, 0) is 63.2 Å². The topological polar surface area (TPSA) is 74.6 Å². The first kappa shape index (κ1) is 17.8. The Morgan fingerprint density at radius 1 is 1.30 bits per heavy atom. The maximum Gasteiger partial charge on any atom is 0.330 e. The van der Waals surface area contributed by atoms with Crippen LogP contribution in [0.5, 0.6) is 0 Å². The van der Waals surface area contributed by atoms with Gasteiger partial charge >= 0.3 is 11.9 Å². The smallest absolute Gasteiger partial charge is 0.330 e. The number of allylic oxidation sites excluding steroid dienone is 2. The van der Waals surface area contributed by atoms with Gasteiger partial charge in [-0.25, -0.2) is 4.79 Å². The first-order valence-corrected chi connectivity index (χ1v) is 8.44. The van der Waals surface area contributed by atoms with Crippen molar-refractivity contribution < 1.29 is 19.8 Å². The maximum absolute atomic E-state index is 11.9. The second kappa shape index (κ2) is 6.14. The SMILES string of the molecule is C=C1CCC2[C@](C)(CCC[C@]2(C)C(=O)O)[C@H]1C/C=C(\C)C(=O)O. The zero-order chi connectivity index (χ0) is 17.4. The van der Waals surface area contributed by atoms with Crippen molar-refractivity contribution >= 4 is 11.9 Å². The van der Waals surface area contributed by atoms with Gasteiger partial charge in [-0.2, -0.15) is 0 Å². The molecule has 4 atom stereocenters.